The third kappa shape index (κ3) is 3.20. The fourth-order valence-electron chi connectivity index (χ4n) is 3.77. The Balaban J connectivity index is 1.64. The van der Waals surface area contributed by atoms with E-state index in [9.17, 15) is 4.79 Å². The van der Waals surface area contributed by atoms with Crippen LogP contribution in [0.2, 0.25) is 5.02 Å². The molecule has 0 spiro atoms. The van der Waals surface area contributed by atoms with E-state index in [2.05, 4.69) is 46.2 Å². The topological polar surface area (TPSA) is 49.0 Å². The van der Waals surface area contributed by atoms with Gasteiger partial charge >= 0.3 is 0 Å². The third-order valence-electron chi connectivity index (χ3n) is 4.99. The summed E-state index contributed by atoms with van der Waals surface area (Å²) < 4.78 is 0. The van der Waals surface area contributed by atoms with Gasteiger partial charge in [0.15, 0.2) is 0 Å². The molecule has 128 valence electrons. The van der Waals surface area contributed by atoms with Crippen LogP contribution in [0.25, 0.3) is 10.9 Å². The Morgan fingerprint density at radius 2 is 2.12 bits per heavy atom. The first-order chi connectivity index (χ1) is 12.1. The molecule has 3 aromatic rings. The van der Waals surface area contributed by atoms with E-state index in [1.165, 1.54) is 17.5 Å². The lowest BCUT2D eigenvalue weighted by molar-refractivity contribution is 0.208. The molecule has 0 aliphatic heterocycles. The van der Waals surface area contributed by atoms with Gasteiger partial charge in [-0.3, -0.25) is 9.69 Å². The summed E-state index contributed by atoms with van der Waals surface area (Å²) in [5, 5.41) is 1.16. The summed E-state index contributed by atoms with van der Waals surface area (Å²) in [5.74, 6) is 0.672. The zero-order valence-corrected chi connectivity index (χ0v) is 14.9. The van der Waals surface area contributed by atoms with Crippen LogP contribution in [0.1, 0.15) is 35.8 Å². The smallest absolute Gasteiger partial charge is 0.258 e. The van der Waals surface area contributed by atoms with Crippen molar-refractivity contribution >= 4 is 22.5 Å². The first-order valence-electron chi connectivity index (χ1n) is 8.58. The molecule has 1 aliphatic carbocycles. The highest BCUT2D eigenvalue weighted by molar-refractivity contribution is 6.31. The number of benzene rings is 2. The molecular weight excluding hydrogens is 334 g/mol. The maximum atomic E-state index is 12.3. The Morgan fingerprint density at radius 1 is 1.28 bits per heavy atom. The highest BCUT2D eigenvalue weighted by Crippen LogP contribution is 2.33. The molecule has 1 aromatic heterocycles. The van der Waals surface area contributed by atoms with E-state index in [4.69, 9.17) is 11.6 Å². The number of aryl methyl sites for hydroxylation is 1. The summed E-state index contributed by atoms with van der Waals surface area (Å²) >= 11 is 6.04. The number of halogens is 1. The van der Waals surface area contributed by atoms with Crippen molar-refractivity contribution in [3.05, 3.63) is 74.8 Å². The van der Waals surface area contributed by atoms with E-state index < -0.39 is 0 Å². The van der Waals surface area contributed by atoms with Crippen LogP contribution in [0, 0.1) is 0 Å². The minimum atomic E-state index is -0.117. The van der Waals surface area contributed by atoms with Crippen molar-refractivity contribution in [1.29, 1.82) is 0 Å². The van der Waals surface area contributed by atoms with Gasteiger partial charge in [-0.05, 0) is 55.6 Å². The molecule has 0 amide bonds. The van der Waals surface area contributed by atoms with Crippen LogP contribution in [0.5, 0.6) is 0 Å². The van der Waals surface area contributed by atoms with Gasteiger partial charge in [-0.15, -0.1) is 0 Å². The zero-order valence-electron chi connectivity index (χ0n) is 14.1. The number of hydrogen-bond acceptors (Lipinski definition) is 3. The van der Waals surface area contributed by atoms with Gasteiger partial charge in [-0.25, -0.2) is 4.98 Å². The number of nitrogens with one attached hydrogen (secondary N) is 1. The fraction of sp³-hybridized carbons (Fsp3) is 0.300. The molecule has 1 heterocycles. The second-order valence-corrected chi connectivity index (χ2v) is 7.13. The summed E-state index contributed by atoms with van der Waals surface area (Å²) in [6.07, 6.45) is 3.45. The first kappa shape index (κ1) is 16.3. The van der Waals surface area contributed by atoms with Gasteiger partial charge in [-0.1, -0.05) is 35.9 Å². The molecule has 1 aliphatic rings. The second-order valence-electron chi connectivity index (χ2n) is 6.70. The average Bonchev–Trinajstić information content (AvgIpc) is 2.60. The van der Waals surface area contributed by atoms with E-state index in [0.717, 1.165) is 12.8 Å². The maximum Gasteiger partial charge on any atom is 0.258 e. The summed E-state index contributed by atoms with van der Waals surface area (Å²) in [6.45, 7) is 0.594. The van der Waals surface area contributed by atoms with Crippen LogP contribution in [0.15, 0.2) is 47.3 Å². The molecule has 4 nitrogen and oxygen atoms in total. The fourth-order valence-corrected chi connectivity index (χ4v) is 3.93. The van der Waals surface area contributed by atoms with Gasteiger partial charge in [0.25, 0.3) is 5.56 Å². The lowest BCUT2D eigenvalue weighted by Crippen LogP contribution is -2.29. The molecule has 0 saturated carbocycles. The maximum absolute atomic E-state index is 12.3. The Labute approximate surface area is 151 Å². The summed E-state index contributed by atoms with van der Waals surface area (Å²) in [7, 11) is 2.09. The van der Waals surface area contributed by atoms with Crippen molar-refractivity contribution in [3.8, 4) is 0 Å². The van der Waals surface area contributed by atoms with E-state index in [1.807, 2.05) is 0 Å². The third-order valence-corrected chi connectivity index (χ3v) is 5.22. The molecule has 0 radical (unpaired) electrons. The van der Waals surface area contributed by atoms with E-state index >= 15 is 0 Å². The Hall–Kier alpha value is -2.17. The van der Waals surface area contributed by atoms with Crippen molar-refractivity contribution in [1.82, 2.24) is 14.9 Å². The highest BCUT2D eigenvalue weighted by atomic mass is 35.5. The number of hydrogen-bond donors (Lipinski definition) is 1. The molecule has 0 saturated heterocycles. The number of rotatable bonds is 3. The van der Waals surface area contributed by atoms with Gasteiger partial charge < -0.3 is 4.98 Å². The predicted octanol–water partition coefficient (Wildman–Crippen LogP) is 4.09. The Bertz CT molecular complexity index is 982. The summed E-state index contributed by atoms with van der Waals surface area (Å²) in [5.41, 5.74) is 3.34. The van der Waals surface area contributed by atoms with Crippen LogP contribution in [-0.4, -0.2) is 21.9 Å². The molecule has 5 heteroatoms. The van der Waals surface area contributed by atoms with Crippen molar-refractivity contribution < 1.29 is 0 Å². The van der Waals surface area contributed by atoms with Gasteiger partial charge in [0.2, 0.25) is 0 Å². The molecule has 2 aromatic carbocycles. The summed E-state index contributed by atoms with van der Waals surface area (Å²) in [6, 6.07) is 14.2. The van der Waals surface area contributed by atoms with Crippen LogP contribution in [-0.2, 0) is 13.0 Å². The van der Waals surface area contributed by atoms with Gasteiger partial charge in [0.1, 0.15) is 5.82 Å². The normalized spacial score (nSPS) is 17.0. The molecule has 0 fully saturated rings. The van der Waals surface area contributed by atoms with Crippen molar-refractivity contribution in [2.24, 2.45) is 0 Å². The quantitative estimate of drug-likeness (QED) is 0.771. The molecular formula is C20H20ClN3O. The van der Waals surface area contributed by atoms with Crippen molar-refractivity contribution in [3.63, 3.8) is 0 Å². The van der Waals surface area contributed by atoms with Crippen LogP contribution < -0.4 is 5.56 Å². The monoisotopic (exact) mass is 353 g/mol. The second kappa shape index (κ2) is 6.62. The standard InChI is InChI=1S/C20H20ClN3O/c1-24(18-8-4-6-13-5-2-3-7-15(13)18)12-19-22-17-11-14(21)9-10-16(17)20(25)23-19/h2-3,5,7,9-11,18H,4,6,8,12H2,1H3,(H,22,23,25)/t18-/m1/s1. The van der Waals surface area contributed by atoms with E-state index in [-0.39, 0.29) is 5.56 Å². The minimum absolute atomic E-state index is 0.117. The molecule has 1 atom stereocenters. The van der Waals surface area contributed by atoms with Gasteiger partial charge in [-0.2, -0.15) is 0 Å². The average molecular weight is 354 g/mol. The SMILES string of the molecule is CN(Cc1nc2cc(Cl)ccc2c(=O)[nH]1)[C@@H]1CCCc2ccccc21. The number of nitrogens with zero attached hydrogens (tertiary/aromatic N) is 2. The Kier molecular flexibility index (Phi) is 4.32. The van der Waals surface area contributed by atoms with Crippen LogP contribution in [0.3, 0.4) is 0 Å². The largest absolute Gasteiger partial charge is 0.309 e. The van der Waals surface area contributed by atoms with E-state index in [1.54, 1.807) is 18.2 Å². The van der Waals surface area contributed by atoms with Gasteiger partial charge in [0, 0.05) is 11.1 Å². The summed E-state index contributed by atoms with van der Waals surface area (Å²) in [4.78, 5) is 22.1. The predicted molar refractivity (Wildman–Crippen MR) is 101 cm³/mol. The zero-order chi connectivity index (χ0) is 17.4. The number of aromatic amines is 1. The number of fused-ring (bicyclic) bond motifs is 2. The molecule has 0 unspecified atom stereocenters. The van der Waals surface area contributed by atoms with Crippen molar-refractivity contribution in [2.75, 3.05) is 7.05 Å². The van der Waals surface area contributed by atoms with Crippen LogP contribution >= 0.6 is 11.6 Å². The molecule has 1 N–H and O–H groups in total. The lowest BCUT2D eigenvalue weighted by atomic mass is 9.87. The van der Waals surface area contributed by atoms with E-state index in [0.29, 0.717) is 34.3 Å². The number of aromatic nitrogens is 2. The first-order valence-corrected chi connectivity index (χ1v) is 8.96. The van der Waals surface area contributed by atoms with Crippen LogP contribution in [0.4, 0.5) is 0 Å². The number of H-pyrrole nitrogens is 1. The lowest BCUT2D eigenvalue weighted by Gasteiger charge is -2.33. The Morgan fingerprint density at radius 3 is 3.00 bits per heavy atom. The molecule has 0 bridgehead atoms. The molecule has 25 heavy (non-hydrogen) atoms. The molecule has 4 rings (SSSR count). The highest BCUT2D eigenvalue weighted by Gasteiger charge is 2.23. The van der Waals surface area contributed by atoms with Crippen molar-refractivity contribution in [2.45, 2.75) is 31.8 Å². The minimum Gasteiger partial charge on any atom is -0.309 e. The van der Waals surface area contributed by atoms with Gasteiger partial charge in [0.05, 0.1) is 17.4 Å².